The highest BCUT2D eigenvalue weighted by Crippen LogP contribution is 2.37. The van der Waals surface area contributed by atoms with Crippen molar-refractivity contribution in [2.75, 3.05) is 38.7 Å². The number of hydrogen-bond donors (Lipinski definition) is 1. The Morgan fingerprint density at radius 1 is 1.17 bits per heavy atom. The predicted octanol–water partition coefficient (Wildman–Crippen LogP) is 3.93. The number of rotatable bonds is 8. The Morgan fingerprint density at radius 3 is 2.71 bits per heavy atom. The second-order valence-corrected chi connectivity index (χ2v) is 8.65. The van der Waals surface area contributed by atoms with Crippen molar-refractivity contribution in [1.29, 1.82) is 5.26 Å². The van der Waals surface area contributed by atoms with Gasteiger partial charge in [-0.2, -0.15) is 5.26 Å². The first-order valence-electron chi connectivity index (χ1n) is 11.9. The lowest BCUT2D eigenvalue weighted by molar-refractivity contribution is 0.0244. The van der Waals surface area contributed by atoms with Crippen molar-refractivity contribution in [2.45, 2.75) is 31.9 Å². The summed E-state index contributed by atoms with van der Waals surface area (Å²) >= 11 is 0. The Hall–Kier alpha value is -3.74. The minimum atomic E-state index is -0.00337. The molecular formula is C26H28N6O3. The number of benzene rings is 1. The molecule has 35 heavy (non-hydrogen) atoms. The Kier molecular flexibility index (Phi) is 7.02. The highest BCUT2D eigenvalue weighted by atomic mass is 16.5. The maximum absolute atomic E-state index is 9.82. The molecule has 180 valence electrons. The molecule has 1 aromatic carbocycles. The number of likely N-dealkylation sites (tertiary alicyclic amines) is 1. The summed E-state index contributed by atoms with van der Waals surface area (Å²) in [6.45, 7) is 4.47. The van der Waals surface area contributed by atoms with Gasteiger partial charge in [0.1, 0.15) is 12.2 Å². The molecule has 3 aromatic rings. The van der Waals surface area contributed by atoms with Crippen LogP contribution >= 0.6 is 0 Å². The Morgan fingerprint density at radius 2 is 2.03 bits per heavy atom. The fourth-order valence-corrected chi connectivity index (χ4v) is 4.14. The number of aromatic nitrogens is 3. The standard InChI is InChI=1S/C26H28N6O3/c1-33-24-14-18(13-19(15-27)25(24)35-22-6-11-34-12-7-22)23-5-8-28-26(31-23)30-20-3-4-21(29-16-20)17-32-9-2-10-32/h3-5,8,13-14,16,22H,2,6-7,9-12,17H2,1H3,(H,28,30,31). The van der Waals surface area contributed by atoms with Gasteiger partial charge in [0.2, 0.25) is 5.95 Å². The molecule has 0 saturated carbocycles. The van der Waals surface area contributed by atoms with Crippen LogP contribution in [-0.4, -0.2) is 59.4 Å². The van der Waals surface area contributed by atoms with Gasteiger partial charge in [-0.25, -0.2) is 9.97 Å². The molecule has 2 fully saturated rings. The number of hydrogen-bond acceptors (Lipinski definition) is 9. The van der Waals surface area contributed by atoms with Crippen molar-refractivity contribution >= 4 is 11.6 Å². The van der Waals surface area contributed by atoms with Gasteiger partial charge in [0, 0.05) is 31.1 Å². The quantitative estimate of drug-likeness (QED) is 0.522. The zero-order chi connectivity index (χ0) is 24.0. The van der Waals surface area contributed by atoms with Gasteiger partial charge in [-0.1, -0.05) is 0 Å². The van der Waals surface area contributed by atoms with Crippen molar-refractivity contribution in [2.24, 2.45) is 0 Å². The summed E-state index contributed by atoms with van der Waals surface area (Å²) in [6, 6.07) is 11.7. The number of pyridine rings is 1. The summed E-state index contributed by atoms with van der Waals surface area (Å²) in [4.78, 5) is 15.9. The van der Waals surface area contributed by atoms with Crippen LogP contribution in [0.15, 0.2) is 42.7 Å². The van der Waals surface area contributed by atoms with E-state index in [1.807, 2.05) is 18.2 Å². The third kappa shape index (κ3) is 5.50. The van der Waals surface area contributed by atoms with E-state index in [2.05, 4.69) is 31.2 Å². The van der Waals surface area contributed by atoms with Crippen LogP contribution in [0.25, 0.3) is 11.3 Å². The molecule has 2 aliphatic rings. The van der Waals surface area contributed by atoms with Gasteiger partial charge >= 0.3 is 0 Å². The van der Waals surface area contributed by atoms with Gasteiger partial charge in [0.15, 0.2) is 11.5 Å². The molecule has 0 unspecified atom stereocenters. The molecule has 9 nitrogen and oxygen atoms in total. The number of nitriles is 1. The molecule has 0 bridgehead atoms. The van der Waals surface area contributed by atoms with E-state index in [9.17, 15) is 5.26 Å². The molecule has 2 aliphatic heterocycles. The highest BCUT2D eigenvalue weighted by Gasteiger charge is 2.21. The van der Waals surface area contributed by atoms with E-state index in [-0.39, 0.29) is 6.10 Å². The molecule has 9 heteroatoms. The van der Waals surface area contributed by atoms with Crippen LogP contribution in [0.3, 0.4) is 0 Å². The SMILES string of the molecule is COc1cc(-c2ccnc(Nc3ccc(CN4CCC4)nc3)n2)cc(C#N)c1OC1CCOCC1. The highest BCUT2D eigenvalue weighted by molar-refractivity contribution is 5.69. The van der Waals surface area contributed by atoms with Gasteiger partial charge < -0.3 is 19.5 Å². The average molecular weight is 473 g/mol. The molecule has 0 atom stereocenters. The Labute approximate surface area is 204 Å². The summed E-state index contributed by atoms with van der Waals surface area (Å²) in [5.41, 5.74) is 3.67. The second kappa shape index (κ2) is 10.7. The van der Waals surface area contributed by atoms with Gasteiger partial charge in [-0.15, -0.1) is 0 Å². The van der Waals surface area contributed by atoms with E-state index in [0.29, 0.717) is 41.9 Å². The number of nitrogens with one attached hydrogen (secondary N) is 1. The lowest BCUT2D eigenvalue weighted by Crippen LogP contribution is -2.36. The lowest BCUT2D eigenvalue weighted by atomic mass is 10.1. The van der Waals surface area contributed by atoms with Crippen LogP contribution in [-0.2, 0) is 11.3 Å². The monoisotopic (exact) mass is 472 g/mol. The Balaban J connectivity index is 1.34. The largest absolute Gasteiger partial charge is 0.493 e. The molecule has 0 spiro atoms. The van der Waals surface area contributed by atoms with Crippen LogP contribution in [0.4, 0.5) is 11.6 Å². The first-order valence-corrected chi connectivity index (χ1v) is 11.9. The van der Waals surface area contributed by atoms with Crippen molar-refractivity contribution in [3.63, 3.8) is 0 Å². The first kappa shape index (κ1) is 23.0. The van der Waals surface area contributed by atoms with Crippen LogP contribution < -0.4 is 14.8 Å². The van der Waals surface area contributed by atoms with Crippen molar-refractivity contribution in [1.82, 2.24) is 19.9 Å². The summed E-state index contributed by atoms with van der Waals surface area (Å²) in [6.07, 6.45) is 6.30. The lowest BCUT2D eigenvalue weighted by Gasteiger charge is -2.30. The summed E-state index contributed by atoms with van der Waals surface area (Å²) in [5, 5.41) is 13.0. The molecule has 2 saturated heterocycles. The van der Waals surface area contributed by atoms with Crippen LogP contribution in [0, 0.1) is 11.3 Å². The summed E-state index contributed by atoms with van der Waals surface area (Å²) in [7, 11) is 1.57. The molecule has 1 N–H and O–H groups in total. The van der Waals surface area contributed by atoms with Gasteiger partial charge in [0.25, 0.3) is 0 Å². The predicted molar refractivity (Wildman–Crippen MR) is 131 cm³/mol. The smallest absolute Gasteiger partial charge is 0.227 e. The zero-order valence-corrected chi connectivity index (χ0v) is 19.7. The third-order valence-corrected chi connectivity index (χ3v) is 6.21. The number of anilines is 2. The summed E-state index contributed by atoms with van der Waals surface area (Å²) in [5.74, 6) is 1.41. The molecule has 4 heterocycles. The maximum Gasteiger partial charge on any atom is 0.227 e. The third-order valence-electron chi connectivity index (χ3n) is 6.21. The molecular weight excluding hydrogens is 444 g/mol. The van der Waals surface area contributed by atoms with Crippen LogP contribution in [0.1, 0.15) is 30.5 Å². The van der Waals surface area contributed by atoms with Gasteiger partial charge in [-0.3, -0.25) is 9.88 Å². The number of nitrogens with zero attached hydrogens (tertiary/aromatic N) is 5. The molecule has 0 aliphatic carbocycles. The first-order chi connectivity index (χ1) is 17.2. The molecule has 2 aromatic heterocycles. The maximum atomic E-state index is 9.82. The van der Waals surface area contributed by atoms with E-state index in [1.165, 1.54) is 6.42 Å². The average Bonchev–Trinajstić information content (AvgIpc) is 2.88. The second-order valence-electron chi connectivity index (χ2n) is 8.65. The minimum absolute atomic E-state index is 0.00337. The minimum Gasteiger partial charge on any atom is -0.493 e. The molecule has 0 amide bonds. The summed E-state index contributed by atoms with van der Waals surface area (Å²) < 4.78 is 17.2. The fourth-order valence-electron chi connectivity index (χ4n) is 4.14. The normalized spacial score (nSPS) is 16.2. The van der Waals surface area contributed by atoms with Gasteiger partial charge in [0.05, 0.1) is 49.2 Å². The Bertz CT molecular complexity index is 1200. The van der Waals surface area contributed by atoms with Crippen LogP contribution in [0.5, 0.6) is 11.5 Å². The van der Waals surface area contributed by atoms with E-state index in [1.54, 1.807) is 31.6 Å². The van der Waals surface area contributed by atoms with Crippen molar-refractivity contribution < 1.29 is 14.2 Å². The van der Waals surface area contributed by atoms with E-state index < -0.39 is 0 Å². The fraction of sp³-hybridized carbons (Fsp3) is 0.385. The number of methoxy groups -OCH3 is 1. The topological polar surface area (TPSA) is 105 Å². The van der Waals surface area contributed by atoms with Gasteiger partial charge in [-0.05, 0) is 49.8 Å². The van der Waals surface area contributed by atoms with E-state index >= 15 is 0 Å². The van der Waals surface area contributed by atoms with Crippen molar-refractivity contribution in [3.05, 3.63) is 54.0 Å². The van der Waals surface area contributed by atoms with E-state index in [0.717, 1.165) is 49.4 Å². The molecule has 5 rings (SSSR count). The van der Waals surface area contributed by atoms with Crippen molar-refractivity contribution in [3.8, 4) is 28.8 Å². The number of ether oxygens (including phenoxy) is 3. The molecule has 0 radical (unpaired) electrons. The van der Waals surface area contributed by atoms with Crippen LogP contribution in [0.2, 0.25) is 0 Å². The van der Waals surface area contributed by atoms with E-state index in [4.69, 9.17) is 14.2 Å². The zero-order valence-electron chi connectivity index (χ0n) is 19.7.